The van der Waals surface area contributed by atoms with Crippen LogP contribution in [0.15, 0.2) is 40.4 Å². The van der Waals surface area contributed by atoms with Gasteiger partial charge < -0.3 is 9.88 Å². The average molecular weight is 383 g/mol. The Morgan fingerprint density at radius 3 is 2.56 bits per heavy atom. The molecule has 1 amide bonds. The Morgan fingerprint density at radius 1 is 1.24 bits per heavy atom. The summed E-state index contributed by atoms with van der Waals surface area (Å²) in [5.41, 5.74) is 0. The topological polar surface area (TPSA) is 94.0 Å². The van der Waals surface area contributed by atoms with Gasteiger partial charge in [-0.2, -0.15) is 0 Å². The maximum Gasteiger partial charge on any atom is 0.230 e. The number of carbonyl (C=O) groups excluding carboxylic acids is 1. The molecule has 0 atom stereocenters. The number of sulfone groups is 1. The molecule has 0 bridgehead atoms. The third kappa shape index (κ3) is 5.57. The van der Waals surface area contributed by atoms with E-state index in [9.17, 15) is 13.2 Å². The Labute approximate surface area is 152 Å². The molecular formula is C16H22N4O3S2. The molecule has 0 aliphatic carbocycles. The second-order valence-corrected chi connectivity index (χ2v) is 8.95. The summed E-state index contributed by atoms with van der Waals surface area (Å²) >= 11 is 1.23. The van der Waals surface area contributed by atoms with Crippen molar-refractivity contribution >= 4 is 27.5 Å². The lowest BCUT2D eigenvalue weighted by molar-refractivity contribution is -0.118. The van der Waals surface area contributed by atoms with Crippen LogP contribution in [-0.2, 0) is 27.4 Å². The summed E-state index contributed by atoms with van der Waals surface area (Å²) in [5, 5.41) is 11.3. The molecule has 1 N–H and O–H groups in total. The van der Waals surface area contributed by atoms with E-state index >= 15 is 0 Å². The van der Waals surface area contributed by atoms with Crippen molar-refractivity contribution in [2.24, 2.45) is 13.0 Å². The number of benzene rings is 1. The zero-order valence-corrected chi connectivity index (χ0v) is 16.1. The van der Waals surface area contributed by atoms with Gasteiger partial charge in [0.05, 0.1) is 10.6 Å². The van der Waals surface area contributed by atoms with Crippen LogP contribution in [0.25, 0.3) is 0 Å². The molecule has 9 heteroatoms. The number of carbonyl (C=O) groups is 1. The molecule has 1 aromatic carbocycles. The summed E-state index contributed by atoms with van der Waals surface area (Å²) in [6.07, 6.45) is 0. The highest BCUT2D eigenvalue weighted by Crippen LogP contribution is 2.19. The molecule has 1 aromatic heterocycles. The average Bonchev–Trinajstić information content (AvgIpc) is 2.91. The van der Waals surface area contributed by atoms with E-state index in [1.165, 1.54) is 11.8 Å². The first kappa shape index (κ1) is 19.5. The number of rotatable bonds is 8. The molecule has 0 saturated carbocycles. The highest BCUT2D eigenvalue weighted by molar-refractivity contribution is 7.99. The molecule has 7 nitrogen and oxygen atoms in total. The Hall–Kier alpha value is -1.87. The molecule has 0 aliphatic heterocycles. The molecule has 136 valence electrons. The fourth-order valence-corrected chi connectivity index (χ4v) is 4.07. The summed E-state index contributed by atoms with van der Waals surface area (Å²) in [4.78, 5) is 12.0. The van der Waals surface area contributed by atoms with Crippen LogP contribution in [0, 0.1) is 5.92 Å². The minimum Gasteiger partial charge on any atom is -0.355 e. The number of hydrogen-bond donors (Lipinski definition) is 1. The van der Waals surface area contributed by atoms with Crippen LogP contribution in [0.3, 0.4) is 0 Å². The second-order valence-electron chi connectivity index (χ2n) is 6.02. The standard InChI is InChI=1S/C16H22N4O3S2/c1-12(2)9-17-15(21)10-24-16-19-18-14(20(16)3)11-25(22,23)13-7-5-4-6-8-13/h4-8,12H,9-11H2,1-3H3,(H,17,21). The molecule has 2 aromatic rings. The van der Waals surface area contributed by atoms with Gasteiger partial charge in [0, 0.05) is 13.6 Å². The van der Waals surface area contributed by atoms with Crippen molar-refractivity contribution in [2.75, 3.05) is 12.3 Å². The first-order chi connectivity index (χ1) is 11.8. The lowest BCUT2D eigenvalue weighted by atomic mass is 10.2. The van der Waals surface area contributed by atoms with Crippen molar-refractivity contribution in [3.05, 3.63) is 36.2 Å². The minimum absolute atomic E-state index is 0.0832. The number of thioether (sulfide) groups is 1. The van der Waals surface area contributed by atoms with E-state index < -0.39 is 9.84 Å². The van der Waals surface area contributed by atoms with Crippen molar-refractivity contribution in [3.8, 4) is 0 Å². The van der Waals surface area contributed by atoms with E-state index in [-0.39, 0.29) is 22.3 Å². The molecule has 25 heavy (non-hydrogen) atoms. The smallest absolute Gasteiger partial charge is 0.230 e. The van der Waals surface area contributed by atoms with Crippen molar-refractivity contribution in [3.63, 3.8) is 0 Å². The molecule has 0 aliphatic rings. The predicted octanol–water partition coefficient (Wildman–Crippen LogP) is 1.65. The second kappa shape index (κ2) is 8.48. The molecule has 0 fully saturated rings. The Balaban J connectivity index is 2.00. The van der Waals surface area contributed by atoms with Gasteiger partial charge >= 0.3 is 0 Å². The fraction of sp³-hybridized carbons (Fsp3) is 0.438. The molecule has 0 saturated heterocycles. The zero-order valence-electron chi connectivity index (χ0n) is 14.5. The predicted molar refractivity (Wildman–Crippen MR) is 96.9 cm³/mol. The lowest BCUT2D eigenvalue weighted by Gasteiger charge is -2.07. The molecular weight excluding hydrogens is 360 g/mol. The van der Waals surface area contributed by atoms with Gasteiger partial charge in [-0.1, -0.05) is 43.8 Å². The molecule has 0 radical (unpaired) electrons. The molecule has 0 spiro atoms. The number of aromatic nitrogens is 3. The number of nitrogens with one attached hydrogen (secondary N) is 1. The summed E-state index contributed by atoms with van der Waals surface area (Å²) in [6.45, 7) is 4.67. The van der Waals surface area contributed by atoms with Gasteiger partial charge in [0.1, 0.15) is 11.6 Å². The van der Waals surface area contributed by atoms with Gasteiger partial charge in [0.25, 0.3) is 0 Å². The first-order valence-electron chi connectivity index (χ1n) is 7.85. The molecule has 2 rings (SSSR count). The Bertz CT molecular complexity index is 817. The number of nitrogens with zero attached hydrogens (tertiary/aromatic N) is 3. The van der Waals surface area contributed by atoms with Crippen LogP contribution in [0.2, 0.25) is 0 Å². The molecule has 1 heterocycles. The van der Waals surface area contributed by atoms with E-state index in [0.29, 0.717) is 23.4 Å². The maximum absolute atomic E-state index is 12.4. The fourth-order valence-electron chi connectivity index (χ4n) is 1.98. The van der Waals surface area contributed by atoms with Crippen LogP contribution in [0.4, 0.5) is 0 Å². The third-order valence-electron chi connectivity index (χ3n) is 3.39. The minimum atomic E-state index is -3.48. The lowest BCUT2D eigenvalue weighted by Crippen LogP contribution is -2.28. The molecule has 0 unspecified atom stereocenters. The summed E-state index contributed by atoms with van der Waals surface area (Å²) in [7, 11) is -1.79. The first-order valence-corrected chi connectivity index (χ1v) is 10.5. The monoisotopic (exact) mass is 382 g/mol. The van der Waals surface area contributed by atoms with E-state index in [1.54, 1.807) is 41.9 Å². The van der Waals surface area contributed by atoms with Crippen molar-refractivity contribution in [1.29, 1.82) is 0 Å². The largest absolute Gasteiger partial charge is 0.355 e. The van der Waals surface area contributed by atoms with E-state index in [4.69, 9.17) is 0 Å². The summed E-state index contributed by atoms with van der Waals surface area (Å²) in [5.74, 6) is 0.623. The van der Waals surface area contributed by atoms with Crippen molar-refractivity contribution < 1.29 is 13.2 Å². The summed E-state index contributed by atoms with van der Waals surface area (Å²) in [6, 6.07) is 8.24. The highest BCUT2D eigenvalue weighted by Gasteiger charge is 2.20. The normalized spacial score (nSPS) is 11.7. The Kier molecular flexibility index (Phi) is 6.60. The van der Waals surface area contributed by atoms with Gasteiger partial charge in [-0.3, -0.25) is 4.79 Å². The number of amides is 1. The third-order valence-corrected chi connectivity index (χ3v) is 6.04. The van der Waals surface area contributed by atoms with Crippen LogP contribution in [-0.4, -0.2) is 41.4 Å². The summed E-state index contributed by atoms with van der Waals surface area (Å²) < 4.78 is 26.5. The van der Waals surface area contributed by atoms with Gasteiger partial charge in [-0.15, -0.1) is 10.2 Å². The van der Waals surface area contributed by atoms with Gasteiger partial charge in [-0.05, 0) is 18.1 Å². The Morgan fingerprint density at radius 2 is 1.92 bits per heavy atom. The highest BCUT2D eigenvalue weighted by atomic mass is 32.2. The zero-order chi connectivity index (χ0) is 18.4. The quantitative estimate of drug-likeness (QED) is 0.698. The van der Waals surface area contributed by atoms with Gasteiger partial charge in [0.15, 0.2) is 15.0 Å². The van der Waals surface area contributed by atoms with Gasteiger partial charge in [-0.25, -0.2) is 8.42 Å². The van der Waals surface area contributed by atoms with Crippen LogP contribution < -0.4 is 5.32 Å². The van der Waals surface area contributed by atoms with Crippen LogP contribution >= 0.6 is 11.8 Å². The SMILES string of the molecule is CC(C)CNC(=O)CSc1nnc(CS(=O)(=O)c2ccccc2)n1C. The maximum atomic E-state index is 12.4. The van der Waals surface area contributed by atoms with Crippen molar-refractivity contribution in [1.82, 2.24) is 20.1 Å². The van der Waals surface area contributed by atoms with Crippen LogP contribution in [0.5, 0.6) is 0 Å². The van der Waals surface area contributed by atoms with Crippen LogP contribution in [0.1, 0.15) is 19.7 Å². The van der Waals surface area contributed by atoms with E-state index in [2.05, 4.69) is 15.5 Å². The van der Waals surface area contributed by atoms with E-state index in [1.807, 2.05) is 13.8 Å². The number of hydrogen-bond acceptors (Lipinski definition) is 6. The van der Waals surface area contributed by atoms with Crippen molar-refractivity contribution in [2.45, 2.75) is 29.7 Å². The van der Waals surface area contributed by atoms with Gasteiger partial charge in [0.2, 0.25) is 5.91 Å². The van der Waals surface area contributed by atoms with E-state index in [0.717, 1.165) is 0 Å².